The standard InChI is InChI=1S/C10H16FNO/c1-4-10(13)9(11)6-5-8(2)7-12-3/h4-6,12-13H,7H2,1-3H3/b8-5+,9-6+,10-4+. The SMILES string of the molecule is C\C=C(O)/C(F)=C\C=C(/C)CNC. The first-order chi connectivity index (χ1) is 6.11. The van der Waals surface area contributed by atoms with Crippen LogP contribution in [0.2, 0.25) is 0 Å². The molecular weight excluding hydrogens is 169 g/mol. The molecule has 0 saturated carbocycles. The molecule has 3 heteroatoms. The predicted molar refractivity (Wildman–Crippen MR) is 53.3 cm³/mol. The molecule has 0 unspecified atom stereocenters. The Morgan fingerprint density at radius 2 is 2.08 bits per heavy atom. The summed E-state index contributed by atoms with van der Waals surface area (Å²) in [5, 5.41) is 11.9. The van der Waals surface area contributed by atoms with Crippen molar-refractivity contribution in [2.45, 2.75) is 13.8 Å². The molecule has 0 aliphatic rings. The highest BCUT2D eigenvalue weighted by Gasteiger charge is 1.96. The smallest absolute Gasteiger partial charge is 0.164 e. The van der Waals surface area contributed by atoms with Crippen LogP contribution in [0.4, 0.5) is 4.39 Å². The molecule has 0 aromatic rings. The van der Waals surface area contributed by atoms with Gasteiger partial charge >= 0.3 is 0 Å². The van der Waals surface area contributed by atoms with Crippen LogP contribution in [0.1, 0.15) is 13.8 Å². The van der Waals surface area contributed by atoms with Crippen LogP contribution in [0.25, 0.3) is 0 Å². The zero-order chi connectivity index (χ0) is 10.3. The monoisotopic (exact) mass is 185 g/mol. The van der Waals surface area contributed by atoms with Crippen LogP contribution >= 0.6 is 0 Å². The van der Waals surface area contributed by atoms with E-state index in [4.69, 9.17) is 5.11 Å². The van der Waals surface area contributed by atoms with E-state index in [1.165, 1.54) is 12.2 Å². The normalized spacial score (nSPS) is 14.9. The summed E-state index contributed by atoms with van der Waals surface area (Å²) in [6, 6.07) is 0. The van der Waals surface area contributed by atoms with Gasteiger partial charge in [0, 0.05) is 6.54 Å². The fourth-order valence-electron chi connectivity index (χ4n) is 0.776. The molecule has 0 saturated heterocycles. The van der Waals surface area contributed by atoms with Gasteiger partial charge in [-0.2, -0.15) is 0 Å². The lowest BCUT2D eigenvalue weighted by molar-refractivity contribution is 0.388. The lowest BCUT2D eigenvalue weighted by Gasteiger charge is -1.97. The maximum absolute atomic E-state index is 12.9. The fourth-order valence-corrected chi connectivity index (χ4v) is 0.776. The molecule has 0 bridgehead atoms. The molecule has 0 rings (SSSR count). The first kappa shape index (κ1) is 11.9. The van der Waals surface area contributed by atoms with Gasteiger partial charge in [-0.3, -0.25) is 0 Å². The number of nitrogens with one attached hydrogen (secondary N) is 1. The Kier molecular flexibility index (Phi) is 5.89. The van der Waals surface area contributed by atoms with Gasteiger partial charge < -0.3 is 10.4 Å². The number of allylic oxidation sites excluding steroid dienone is 4. The largest absolute Gasteiger partial charge is 0.505 e. The molecule has 2 nitrogen and oxygen atoms in total. The zero-order valence-corrected chi connectivity index (χ0v) is 8.26. The number of halogens is 1. The highest BCUT2D eigenvalue weighted by molar-refractivity contribution is 5.24. The van der Waals surface area contributed by atoms with Gasteiger partial charge in [-0.25, -0.2) is 4.39 Å². The summed E-state index contributed by atoms with van der Waals surface area (Å²) in [5.74, 6) is -0.938. The van der Waals surface area contributed by atoms with Crippen molar-refractivity contribution in [2.75, 3.05) is 13.6 Å². The Bertz CT molecular complexity index is 241. The average Bonchev–Trinajstić information content (AvgIpc) is 2.13. The van der Waals surface area contributed by atoms with Gasteiger partial charge in [0.2, 0.25) is 0 Å². The van der Waals surface area contributed by atoms with Crippen LogP contribution in [0.5, 0.6) is 0 Å². The Morgan fingerprint density at radius 3 is 2.54 bits per heavy atom. The van der Waals surface area contributed by atoms with Crippen LogP contribution in [0, 0.1) is 0 Å². The minimum absolute atomic E-state index is 0.325. The first-order valence-electron chi connectivity index (χ1n) is 4.15. The van der Waals surface area contributed by atoms with Gasteiger partial charge in [0.15, 0.2) is 5.83 Å². The van der Waals surface area contributed by atoms with Crippen molar-refractivity contribution >= 4 is 0 Å². The topological polar surface area (TPSA) is 32.3 Å². The van der Waals surface area contributed by atoms with Crippen LogP contribution < -0.4 is 5.32 Å². The number of likely N-dealkylation sites (N-methyl/N-ethyl adjacent to an activating group) is 1. The minimum atomic E-state index is -0.613. The molecule has 74 valence electrons. The third kappa shape index (κ3) is 5.20. The molecule has 13 heavy (non-hydrogen) atoms. The number of rotatable bonds is 4. The molecule has 0 aromatic carbocycles. The quantitative estimate of drug-likeness (QED) is 0.521. The highest BCUT2D eigenvalue weighted by Crippen LogP contribution is 2.08. The summed E-state index contributed by atoms with van der Waals surface area (Å²) in [6.45, 7) is 4.17. The van der Waals surface area contributed by atoms with Crippen LogP contribution in [-0.2, 0) is 0 Å². The molecular formula is C10H16FNO. The van der Waals surface area contributed by atoms with E-state index in [-0.39, 0.29) is 5.76 Å². The summed E-state index contributed by atoms with van der Waals surface area (Å²) in [4.78, 5) is 0. The first-order valence-corrected chi connectivity index (χ1v) is 4.15. The maximum Gasteiger partial charge on any atom is 0.164 e. The molecule has 2 N–H and O–H groups in total. The Hall–Kier alpha value is -1.09. The van der Waals surface area contributed by atoms with E-state index in [0.29, 0.717) is 6.54 Å². The van der Waals surface area contributed by atoms with Crippen LogP contribution in [-0.4, -0.2) is 18.7 Å². The van der Waals surface area contributed by atoms with Gasteiger partial charge in [0.05, 0.1) is 0 Å². The van der Waals surface area contributed by atoms with Gasteiger partial charge in [-0.1, -0.05) is 11.6 Å². The van der Waals surface area contributed by atoms with Gasteiger partial charge in [-0.05, 0) is 33.0 Å². The van der Waals surface area contributed by atoms with E-state index >= 15 is 0 Å². The van der Waals surface area contributed by atoms with E-state index in [1.807, 2.05) is 14.0 Å². The van der Waals surface area contributed by atoms with E-state index in [9.17, 15) is 4.39 Å². The van der Waals surface area contributed by atoms with Crippen molar-refractivity contribution in [2.24, 2.45) is 0 Å². The molecule has 0 heterocycles. The van der Waals surface area contributed by atoms with Gasteiger partial charge in [0.1, 0.15) is 5.76 Å². The lowest BCUT2D eigenvalue weighted by Crippen LogP contribution is -2.08. The second-order valence-corrected chi connectivity index (χ2v) is 2.73. The minimum Gasteiger partial charge on any atom is -0.505 e. The van der Waals surface area contributed by atoms with E-state index < -0.39 is 5.83 Å². The third-order valence-electron chi connectivity index (χ3n) is 1.49. The van der Waals surface area contributed by atoms with Crippen molar-refractivity contribution in [3.05, 3.63) is 35.4 Å². The number of aliphatic hydroxyl groups excluding tert-OH is 1. The third-order valence-corrected chi connectivity index (χ3v) is 1.49. The highest BCUT2D eigenvalue weighted by atomic mass is 19.1. The van der Waals surface area contributed by atoms with Gasteiger partial charge in [-0.15, -0.1) is 0 Å². The zero-order valence-electron chi connectivity index (χ0n) is 8.26. The molecule has 0 aliphatic carbocycles. The van der Waals surface area contributed by atoms with Crippen LogP contribution in [0.3, 0.4) is 0 Å². The second-order valence-electron chi connectivity index (χ2n) is 2.73. The molecule has 0 spiro atoms. The van der Waals surface area contributed by atoms with E-state index in [0.717, 1.165) is 5.57 Å². The van der Waals surface area contributed by atoms with Crippen molar-refractivity contribution in [1.82, 2.24) is 5.32 Å². The molecule has 0 aliphatic heterocycles. The predicted octanol–water partition coefficient (Wildman–Crippen LogP) is 2.47. The Morgan fingerprint density at radius 1 is 1.46 bits per heavy atom. The molecule has 0 fully saturated rings. The summed E-state index contributed by atoms with van der Waals surface area (Å²) in [6.07, 6.45) is 4.20. The summed E-state index contributed by atoms with van der Waals surface area (Å²) in [7, 11) is 1.82. The fraction of sp³-hybridized carbons (Fsp3) is 0.400. The van der Waals surface area contributed by atoms with Crippen molar-refractivity contribution in [1.29, 1.82) is 0 Å². The molecule has 0 amide bonds. The van der Waals surface area contributed by atoms with Crippen molar-refractivity contribution in [3.8, 4) is 0 Å². The maximum atomic E-state index is 12.9. The Balaban J connectivity index is 4.32. The van der Waals surface area contributed by atoms with Crippen LogP contribution in [0.15, 0.2) is 35.4 Å². The molecule has 0 radical (unpaired) electrons. The number of aliphatic hydroxyl groups is 1. The molecule has 0 aromatic heterocycles. The van der Waals surface area contributed by atoms with Gasteiger partial charge in [0.25, 0.3) is 0 Å². The summed E-state index contributed by atoms with van der Waals surface area (Å²) >= 11 is 0. The number of hydrogen-bond donors (Lipinski definition) is 2. The molecule has 0 atom stereocenters. The van der Waals surface area contributed by atoms with Crippen molar-refractivity contribution < 1.29 is 9.50 Å². The summed E-state index contributed by atoms with van der Waals surface area (Å²) < 4.78 is 12.9. The second kappa shape index (κ2) is 6.43. The number of hydrogen-bond acceptors (Lipinski definition) is 2. The van der Waals surface area contributed by atoms with E-state index in [2.05, 4.69) is 5.32 Å². The van der Waals surface area contributed by atoms with E-state index in [1.54, 1.807) is 13.0 Å². The Labute approximate surface area is 78.5 Å². The summed E-state index contributed by atoms with van der Waals surface area (Å²) in [5.41, 5.74) is 1.00. The van der Waals surface area contributed by atoms with Crippen molar-refractivity contribution in [3.63, 3.8) is 0 Å². The lowest BCUT2D eigenvalue weighted by atomic mass is 10.2. The average molecular weight is 185 g/mol.